The van der Waals surface area contributed by atoms with Gasteiger partial charge in [0.1, 0.15) is 5.01 Å². The number of hydrogen-bond acceptors (Lipinski definition) is 7. The topological polar surface area (TPSA) is 92.3 Å². The van der Waals surface area contributed by atoms with Crippen molar-refractivity contribution in [3.63, 3.8) is 0 Å². The summed E-state index contributed by atoms with van der Waals surface area (Å²) < 4.78 is 27.3. The first-order valence-electron chi connectivity index (χ1n) is 8.64. The van der Waals surface area contributed by atoms with E-state index in [1.807, 2.05) is 6.92 Å². The zero-order valence-corrected chi connectivity index (χ0v) is 16.3. The summed E-state index contributed by atoms with van der Waals surface area (Å²) >= 11 is 1.36. The van der Waals surface area contributed by atoms with Gasteiger partial charge in [-0.15, -0.1) is 10.2 Å². The van der Waals surface area contributed by atoms with E-state index in [1.54, 1.807) is 18.2 Å². The highest BCUT2D eigenvalue weighted by Crippen LogP contribution is 2.21. The summed E-state index contributed by atoms with van der Waals surface area (Å²) in [6, 6.07) is 6.28. The number of anilines is 1. The van der Waals surface area contributed by atoms with Crippen LogP contribution in [0.2, 0.25) is 0 Å². The molecule has 7 nitrogen and oxygen atoms in total. The average molecular weight is 395 g/mol. The first-order chi connectivity index (χ1) is 12.5. The Labute approximate surface area is 157 Å². The summed E-state index contributed by atoms with van der Waals surface area (Å²) in [7, 11) is -3.56. The SMILES string of the molecule is Cc1nnc(NCC(=O)c2cccc(S(=O)(=O)N3CCCCCC3)c2)s1. The van der Waals surface area contributed by atoms with Crippen LogP contribution in [0.3, 0.4) is 0 Å². The fourth-order valence-corrected chi connectivity index (χ4v) is 5.04. The zero-order chi connectivity index (χ0) is 18.6. The molecule has 1 N–H and O–H groups in total. The van der Waals surface area contributed by atoms with Gasteiger partial charge in [0.25, 0.3) is 0 Å². The second kappa shape index (κ2) is 8.24. The number of Topliss-reactive ketones (excluding diaryl/α,β-unsaturated/α-hetero) is 1. The molecule has 0 bridgehead atoms. The Hall–Kier alpha value is -1.84. The molecule has 0 spiro atoms. The van der Waals surface area contributed by atoms with Gasteiger partial charge in [0.15, 0.2) is 5.78 Å². The molecule has 0 radical (unpaired) electrons. The fourth-order valence-electron chi connectivity index (χ4n) is 2.89. The smallest absolute Gasteiger partial charge is 0.243 e. The molecule has 1 aliphatic rings. The van der Waals surface area contributed by atoms with Crippen molar-refractivity contribution in [1.29, 1.82) is 0 Å². The number of aryl methyl sites for hydroxylation is 1. The van der Waals surface area contributed by atoms with E-state index in [2.05, 4.69) is 15.5 Å². The normalized spacial score (nSPS) is 16.2. The van der Waals surface area contributed by atoms with Crippen LogP contribution in [-0.4, -0.2) is 48.3 Å². The molecule has 0 saturated carbocycles. The lowest BCUT2D eigenvalue weighted by atomic mass is 10.1. The lowest BCUT2D eigenvalue weighted by Crippen LogP contribution is -2.32. The largest absolute Gasteiger partial charge is 0.353 e. The van der Waals surface area contributed by atoms with E-state index in [0.29, 0.717) is 23.8 Å². The molecule has 9 heteroatoms. The number of carbonyl (C=O) groups is 1. The Morgan fingerprint density at radius 2 is 1.92 bits per heavy atom. The highest BCUT2D eigenvalue weighted by molar-refractivity contribution is 7.89. The van der Waals surface area contributed by atoms with Gasteiger partial charge in [-0.25, -0.2) is 8.42 Å². The van der Waals surface area contributed by atoms with Gasteiger partial charge in [0, 0.05) is 18.7 Å². The van der Waals surface area contributed by atoms with E-state index in [9.17, 15) is 13.2 Å². The van der Waals surface area contributed by atoms with Crippen molar-refractivity contribution in [1.82, 2.24) is 14.5 Å². The maximum atomic E-state index is 12.9. The van der Waals surface area contributed by atoms with E-state index in [-0.39, 0.29) is 17.2 Å². The molecule has 1 aromatic carbocycles. The van der Waals surface area contributed by atoms with Crippen LogP contribution in [-0.2, 0) is 10.0 Å². The van der Waals surface area contributed by atoms with Crippen LogP contribution < -0.4 is 5.32 Å². The summed E-state index contributed by atoms with van der Waals surface area (Å²) in [6.07, 6.45) is 3.87. The predicted octanol–water partition coefficient (Wildman–Crippen LogP) is 2.71. The molecule has 1 saturated heterocycles. The van der Waals surface area contributed by atoms with Crippen LogP contribution in [0.15, 0.2) is 29.2 Å². The van der Waals surface area contributed by atoms with E-state index in [1.165, 1.54) is 21.7 Å². The number of rotatable bonds is 6. The maximum Gasteiger partial charge on any atom is 0.243 e. The van der Waals surface area contributed by atoms with E-state index in [0.717, 1.165) is 30.7 Å². The first kappa shape index (κ1) is 18.9. The van der Waals surface area contributed by atoms with Crippen molar-refractivity contribution in [3.05, 3.63) is 34.8 Å². The van der Waals surface area contributed by atoms with Gasteiger partial charge in [0.05, 0.1) is 11.4 Å². The number of sulfonamides is 1. The van der Waals surface area contributed by atoms with Crippen molar-refractivity contribution in [2.75, 3.05) is 25.0 Å². The van der Waals surface area contributed by atoms with E-state index < -0.39 is 10.0 Å². The summed E-state index contributed by atoms with van der Waals surface area (Å²) in [5.74, 6) is -0.189. The number of ketones is 1. The van der Waals surface area contributed by atoms with Crippen LogP contribution in [0.1, 0.15) is 41.0 Å². The van der Waals surface area contributed by atoms with Crippen LogP contribution >= 0.6 is 11.3 Å². The van der Waals surface area contributed by atoms with Crippen molar-refractivity contribution in [2.24, 2.45) is 0 Å². The Balaban J connectivity index is 1.73. The van der Waals surface area contributed by atoms with Crippen LogP contribution in [0.4, 0.5) is 5.13 Å². The molecule has 1 aliphatic heterocycles. The molecule has 2 aromatic rings. The molecule has 0 unspecified atom stereocenters. The lowest BCUT2D eigenvalue weighted by Gasteiger charge is -2.20. The van der Waals surface area contributed by atoms with Gasteiger partial charge in [-0.3, -0.25) is 4.79 Å². The summed E-state index contributed by atoms with van der Waals surface area (Å²) in [6.45, 7) is 2.96. The molecule has 2 heterocycles. The third-order valence-electron chi connectivity index (χ3n) is 4.29. The number of nitrogens with one attached hydrogen (secondary N) is 1. The third-order valence-corrected chi connectivity index (χ3v) is 6.98. The monoisotopic (exact) mass is 394 g/mol. The Morgan fingerprint density at radius 1 is 1.19 bits per heavy atom. The molecular formula is C17H22N4O3S2. The van der Waals surface area contributed by atoms with Gasteiger partial charge in [-0.1, -0.05) is 36.3 Å². The number of nitrogens with zero attached hydrogens (tertiary/aromatic N) is 3. The van der Waals surface area contributed by atoms with Crippen LogP contribution in [0.25, 0.3) is 0 Å². The standard InChI is InChI=1S/C17H22N4O3S2/c1-13-19-20-17(25-13)18-12-16(22)14-7-6-8-15(11-14)26(23,24)21-9-4-2-3-5-10-21/h6-8,11H,2-5,9-10,12H2,1H3,(H,18,20). The zero-order valence-electron chi connectivity index (χ0n) is 14.6. The molecule has 0 atom stereocenters. The average Bonchev–Trinajstić information content (AvgIpc) is 2.87. The molecule has 1 fully saturated rings. The molecule has 1 aromatic heterocycles. The lowest BCUT2D eigenvalue weighted by molar-refractivity contribution is 0.101. The molecule has 3 rings (SSSR count). The second-order valence-electron chi connectivity index (χ2n) is 6.25. The van der Waals surface area contributed by atoms with Gasteiger partial charge in [-0.05, 0) is 31.9 Å². The number of aromatic nitrogens is 2. The Morgan fingerprint density at radius 3 is 2.58 bits per heavy atom. The van der Waals surface area contributed by atoms with Gasteiger partial charge in [0.2, 0.25) is 15.2 Å². The minimum absolute atomic E-state index is 0.0435. The second-order valence-corrected chi connectivity index (χ2v) is 9.37. The summed E-state index contributed by atoms with van der Waals surface area (Å²) in [5, 5.41) is 12.1. The van der Waals surface area contributed by atoms with Crippen molar-refractivity contribution >= 4 is 32.3 Å². The minimum atomic E-state index is -3.56. The molecule has 0 amide bonds. The highest BCUT2D eigenvalue weighted by Gasteiger charge is 2.25. The van der Waals surface area contributed by atoms with Gasteiger partial charge < -0.3 is 5.32 Å². The molecule has 26 heavy (non-hydrogen) atoms. The van der Waals surface area contributed by atoms with E-state index in [4.69, 9.17) is 0 Å². The number of hydrogen-bond donors (Lipinski definition) is 1. The third kappa shape index (κ3) is 4.46. The first-order valence-corrected chi connectivity index (χ1v) is 10.9. The van der Waals surface area contributed by atoms with Crippen molar-refractivity contribution < 1.29 is 13.2 Å². The number of benzene rings is 1. The van der Waals surface area contributed by atoms with Crippen LogP contribution in [0.5, 0.6) is 0 Å². The molecule has 140 valence electrons. The highest BCUT2D eigenvalue weighted by atomic mass is 32.2. The molecular weight excluding hydrogens is 372 g/mol. The fraction of sp³-hybridized carbons (Fsp3) is 0.471. The Kier molecular flexibility index (Phi) is 6.00. The summed E-state index contributed by atoms with van der Waals surface area (Å²) in [4.78, 5) is 12.6. The van der Waals surface area contributed by atoms with Crippen LogP contribution in [0, 0.1) is 6.92 Å². The maximum absolute atomic E-state index is 12.9. The minimum Gasteiger partial charge on any atom is -0.353 e. The van der Waals surface area contributed by atoms with E-state index >= 15 is 0 Å². The Bertz CT molecular complexity index is 872. The summed E-state index contributed by atoms with van der Waals surface area (Å²) in [5.41, 5.74) is 0.370. The quantitative estimate of drug-likeness (QED) is 0.758. The van der Waals surface area contributed by atoms with Crippen molar-refractivity contribution in [3.8, 4) is 0 Å². The van der Waals surface area contributed by atoms with Gasteiger partial charge in [-0.2, -0.15) is 4.31 Å². The van der Waals surface area contributed by atoms with Crippen molar-refractivity contribution in [2.45, 2.75) is 37.5 Å². The predicted molar refractivity (Wildman–Crippen MR) is 101 cm³/mol. The molecule has 0 aliphatic carbocycles. The number of carbonyl (C=O) groups excluding carboxylic acids is 1. The van der Waals surface area contributed by atoms with Gasteiger partial charge >= 0.3 is 0 Å².